The lowest BCUT2D eigenvalue weighted by atomic mass is 9.49. The number of esters is 1. The summed E-state index contributed by atoms with van der Waals surface area (Å²) < 4.78 is 17.4. The van der Waals surface area contributed by atoms with Crippen LogP contribution in [0.25, 0.3) is 0 Å². The van der Waals surface area contributed by atoms with Gasteiger partial charge in [0.05, 0.1) is 29.9 Å². The van der Waals surface area contributed by atoms with Crippen LogP contribution in [-0.4, -0.2) is 80.2 Å². The number of hydrogen-bond donors (Lipinski definition) is 1. The summed E-state index contributed by atoms with van der Waals surface area (Å²) in [5.74, 6) is 0.641. The van der Waals surface area contributed by atoms with Crippen LogP contribution in [0.1, 0.15) is 46.0 Å². The van der Waals surface area contributed by atoms with Gasteiger partial charge >= 0.3 is 5.97 Å². The minimum atomic E-state index is -0.955. The number of para-hydroxylation sites is 2. The van der Waals surface area contributed by atoms with E-state index in [1.807, 2.05) is 18.2 Å². The van der Waals surface area contributed by atoms with Crippen molar-refractivity contribution in [1.29, 1.82) is 0 Å². The number of hydrogen-bond acceptors (Lipinski definition) is 7. The molecular weight excluding hydrogens is 432 g/mol. The molecule has 2 heterocycles. The Hall–Kier alpha value is -1.83. The molecule has 2 aliphatic carbocycles. The highest BCUT2D eigenvalue weighted by atomic mass is 16.6. The van der Waals surface area contributed by atoms with E-state index in [1.54, 1.807) is 14.2 Å². The second kappa shape index (κ2) is 8.68. The molecule has 0 radical (unpaired) electrons. The number of rotatable bonds is 5. The third-order valence-electron chi connectivity index (χ3n) is 9.71. The smallest absolute Gasteiger partial charge is 0.310 e. The first-order valence-electron chi connectivity index (χ1n) is 12.8. The molecular formula is C27H40N2O5. The summed E-state index contributed by atoms with van der Waals surface area (Å²) in [4.78, 5) is 17.8. The maximum Gasteiger partial charge on any atom is 0.310 e. The number of anilines is 1. The molecule has 1 aromatic rings. The Balaban J connectivity index is 1.28. The fourth-order valence-electron chi connectivity index (χ4n) is 7.43. The van der Waals surface area contributed by atoms with Crippen LogP contribution in [0, 0.1) is 17.3 Å². The predicted molar refractivity (Wildman–Crippen MR) is 130 cm³/mol. The van der Waals surface area contributed by atoms with Crippen molar-refractivity contribution in [3.8, 4) is 5.75 Å². The van der Waals surface area contributed by atoms with Gasteiger partial charge in [-0.05, 0) is 51.2 Å². The highest BCUT2D eigenvalue weighted by Crippen LogP contribution is 2.61. The van der Waals surface area contributed by atoms with Crippen LogP contribution in [0.15, 0.2) is 24.3 Å². The van der Waals surface area contributed by atoms with Crippen LogP contribution in [0.3, 0.4) is 0 Å². The first kappa shape index (κ1) is 23.9. The van der Waals surface area contributed by atoms with Gasteiger partial charge in [0.2, 0.25) is 0 Å². The lowest BCUT2D eigenvalue weighted by Gasteiger charge is -2.62. The van der Waals surface area contributed by atoms with E-state index in [4.69, 9.17) is 14.2 Å². The fraction of sp³-hybridized carbons (Fsp3) is 0.741. The summed E-state index contributed by atoms with van der Waals surface area (Å²) in [5.41, 5.74) is -0.730. The van der Waals surface area contributed by atoms with Gasteiger partial charge in [0, 0.05) is 51.2 Å². The summed E-state index contributed by atoms with van der Waals surface area (Å²) in [6.45, 7) is 8.45. The molecule has 0 bridgehead atoms. The van der Waals surface area contributed by atoms with E-state index in [9.17, 15) is 9.90 Å². The zero-order valence-electron chi connectivity index (χ0n) is 21.1. The highest BCUT2D eigenvalue weighted by molar-refractivity contribution is 5.75. The maximum atomic E-state index is 13.0. The summed E-state index contributed by atoms with van der Waals surface area (Å²) >= 11 is 0. The standard InChI is InChI=1S/C27H40N2O5/c1-25-10-7-11-26(2,33-4)27(25,31)16-19-20(24(30)34-23(19)17-25)18-28-12-14-29(15-13-28)21-8-5-6-9-22(21)32-3/h5-6,8-9,19-20,23,31H,7,10-18H2,1-4H3/t19-,20-,23+,25+,26+,27+/m0/s1. The Morgan fingerprint density at radius 2 is 1.82 bits per heavy atom. The van der Waals surface area contributed by atoms with E-state index < -0.39 is 11.2 Å². The molecule has 0 spiro atoms. The zero-order valence-corrected chi connectivity index (χ0v) is 21.1. The third kappa shape index (κ3) is 3.62. The molecule has 2 aliphatic heterocycles. The summed E-state index contributed by atoms with van der Waals surface area (Å²) in [6, 6.07) is 8.13. The van der Waals surface area contributed by atoms with Gasteiger partial charge in [-0.2, -0.15) is 0 Å². The van der Waals surface area contributed by atoms with Gasteiger partial charge in [-0.3, -0.25) is 9.69 Å². The molecule has 0 unspecified atom stereocenters. The minimum Gasteiger partial charge on any atom is -0.495 e. The number of nitrogens with zero attached hydrogens (tertiary/aromatic N) is 2. The molecule has 4 fully saturated rings. The van der Waals surface area contributed by atoms with E-state index in [2.05, 4.69) is 29.7 Å². The largest absolute Gasteiger partial charge is 0.495 e. The third-order valence-corrected chi connectivity index (χ3v) is 9.71. The van der Waals surface area contributed by atoms with E-state index in [-0.39, 0.29) is 29.3 Å². The Labute approximate surface area is 203 Å². The van der Waals surface area contributed by atoms with E-state index in [0.29, 0.717) is 13.0 Å². The molecule has 2 saturated heterocycles. The fourth-order valence-corrected chi connectivity index (χ4v) is 7.43. The topological polar surface area (TPSA) is 71.5 Å². The van der Waals surface area contributed by atoms with Crippen LogP contribution in [0.2, 0.25) is 0 Å². The van der Waals surface area contributed by atoms with Crippen molar-refractivity contribution in [2.45, 2.75) is 63.3 Å². The molecule has 34 heavy (non-hydrogen) atoms. The predicted octanol–water partition coefficient (Wildman–Crippen LogP) is 3.10. The van der Waals surface area contributed by atoms with Gasteiger partial charge in [-0.15, -0.1) is 0 Å². The van der Waals surface area contributed by atoms with Crippen molar-refractivity contribution in [2.24, 2.45) is 17.3 Å². The molecule has 1 N–H and O–H groups in total. The van der Waals surface area contributed by atoms with Crippen molar-refractivity contribution >= 4 is 11.7 Å². The first-order valence-corrected chi connectivity index (χ1v) is 12.8. The molecule has 5 rings (SSSR count). The number of piperazine rings is 1. The summed E-state index contributed by atoms with van der Waals surface area (Å²) in [5, 5.41) is 12.1. The van der Waals surface area contributed by atoms with Crippen molar-refractivity contribution in [3.05, 3.63) is 24.3 Å². The zero-order chi connectivity index (χ0) is 24.1. The average Bonchev–Trinajstić information content (AvgIpc) is 3.12. The number of benzene rings is 1. The van der Waals surface area contributed by atoms with E-state index >= 15 is 0 Å². The van der Waals surface area contributed by atoms with Gasteiger partial charge in [0.15, 0.2) is 0 Å². The Morgan fingerprint density at radius 3 is 2.53 bits per heavy atom. The Bertz CT molecular complexity index is 918. The van der Waals surface area contributed by atoms with Crippen molar-refractivity contribution in [3.63, 3.8) is 0 Å². The van der Waals surface area contributed by atoms with Gasteiger partial charge < -0.3 is 24.2 Å². The molecule has 7 nitrogen and oxygen atoms in total. The summed E-state index contributed by atoms with van der Waals surface area (Å²) in [6.07, 6.45) is 3.99. The molecule has 7 heteroatoms. The average molecular weight is 473 g/mol. The molecule has 188 valence electrons. The number of fused-ring (bicyclic) bond motifs is 2. The van der Waals surface area contributed by atoms with Crippen LogP contribution >= 0.6 is 0 Å². The summed E-state index contributed by atoms with van der Waals surface area (Å²) in [7, 11) is 3.42. The molecule has 0 aromatic heterocycles. The SMILES string of the molecule is COc1ccccc1N1CCN(C[C@@H]2C(=O)O[C@@H]3C[C@@]4(C)CCC[C@@](C)(OC)[C@@]4(O)C[C@@H]23)CC1. The maximum absolute atomic E-state index is 13.0. The van der Waals surface area contributed by atoms with Crippen LogP contribution in [-0.2, 0) is 14.3 Å². The highest BCUT2D eigenvalue weighted by Gasteiger charge is 2.67. The van der Waals surface area contributed by atoms with Gasteiger partial charge in [0.25, 0.3) is 0 Å². The lowest BCUT2D eigenvalue weighted by Crippen LogP contribution is -2.69. The molecule has 4 aliphatic rings. The van der Waals surface area contributed by atoms with Crippen LogP contribution in [0.4, 0.5) is 5.69 Å². The van der Waals surface area contributed by atoms with Crippen molar-refractivity contribution in [2.75, 3.05) is 51.8 Å². The number of aliphatic hydroxyl groups is 1. The quantitative estimate of drug-likeness (QED) is 0.661. The molecule has 2 saturated carbocycles. The van der Waals surface area contributed by atoms with Gasteiger partial charge in [-0.25, -0.2) is 0 Å². The Kier molecular flexibility index (Phi) is 6.10. The van der Waals surface area contributed by atoms with Crippen LogP contribution in [0.5, 0.6) is 5.75 Å². The molecule has 1 aromatic carbocycles. The van der Waals surface area contributed by atoms with Crippen LogP contribution < -0.4 is 9.64 Å². The normalized spacial score (nSPS) is 40.4. The van der Waals surface area contributed by atoms with Gasteiger partial charge in [0.1, 0.15) is 11.9 Å². The minimum absolute atomic E-state index is 0.0328. The second-order valence-electron chi connectivity index (χ2n) is 11.3. The molecule has 0 amide bonds. The monoisotopic (exact) mass is 472 g/mol. The van der Waals surface area contributed by atoms with E-state index in [0.717, 1.165) is 63.3 Å². The first-order chi connectivity index (χ1) is 16.2. The number of carbonyl (C=O) groups is 1. The second-order valence-corrected chi connectivity index (χ2v) is 11.3. The van der Waals surface area contributed by atoms with Crippen molar-refractivity contribution < 1.29 is 24.1 Å². The van der Waals surface area contributed by atoms with E-state index in [1.165, 1.54) is 0 Å². The number of methoxy groups -OCH3 is 2. The Morgan fingerprint density at radius 1 is 1.09 bits per heavy atom. The number of carbonyl (C=O) groups excluding carboxylic acids is 1. The van der Waals surface area contributed by atoms with Gasteiger partial charge in [-0.1, -0.05) is 19.1 Å². The molecule has 6 atom stereocenters. The number of ether oxygens (including phenoxy) is 3. The lowest BCUT2D eigenvalue weighted by molar-refractivity contribution is -0.270. The van der Waals surface area contributed by atoms with Crippen molar-refractivity contribution in [1.82, 2.24) is 4.90 Å².